The predicted molar refractivity (Wildman–Crippen MR) is 80.7 cm³/mol. The Balaban J connectivity index is 2.42. The molecule has 2 aromatic rings. The van der Waals surface area contributed by atoms with Crippen molar-refractivity contribution in [3.05, 3.63) is 65.0 Å². The van der Waals surface area contributed by atoms with Crippen molar-refractivity contribution in [1.29, 1.82) is 0 Å². The van der Waals surface area contributed by atoms with E-state index in [1.54, 1.807) is 25.1 Å². The summed E-state index contributed by atoms with van der Waals surface area (Å²) in [6.07, 6.45) is 0. The predicted octanol–water partition coefficient (Wildman–Crippen LogP) is 3.73. The fourth-order valence-corrected chi connectivity index (χ4v) is 3.18. The van der Waals surface area contributed by atoms with Crippen LogP contribution < -0.4 is 5.32 Å². The normalized spacial score (nSPS) is 13.0. The van der Waals surface area contributed by atoms with E-state index in [2.05, 4.69) is 5.32 Å². The largest absolute Gasteiger partial charge is 0.368 e. The Kier molecular flexibility index (Phi) is 4.47. The van der Waals surface area contributed by atoms with Crippen molar-refractivity contribution >= 4 is 13.3 Å². The third-order valence-electron chi connectivity index (χ3n) is 3.18. The molecular formula is C15H17FNO3P. The van der Waals surface area contributed by atoms with E-state index in [-0.39, 0.29) is 0 Å². The second-order valence-electron chi connectivity index (χ2n) is 5.01. The van der Waals surface area contributed by atoms with Gasteiger partial charge >= 0.3 is 7.60 Å². The van der Waals surface area contributed by atoms with E-state index >= 15 is 0 Å². The van der Waals surface area contributed by atoms with Crippen molar-refractivity contribution in [2.24, 2.45) is 0 Å². The van der Waals surface area contributed by atoms with Crippen LogP contribution in [0.5, 0.6) is 0 Å². The topological polar surface area (TPSA) is 69.6 Å². The molecular weight excluding hydrogens is 292 g/mol. The summed E-state index contributed by atoms with van der Waals surface area (Å²) >= 11 is 0. The van der Waals surface area contributed by atoms with Gasteiger partial charge in [0.2, 0.25) is 0 Å². The van der Waals surface area contributed by atoms with Crippen molar-refractivity contribution in [1.82, 2.24) is 0 Å². The molecule has 0 fully saturated rings. The zero-order valence-electron chi connectivity index (χ0n) is 11.7. The maximum absolute atomic E-state index is 13.2. The van der Waals surface area contributed by atoms with Crippen molar-refractivity contribution in [2.75, 3.05) is 5.32 Å². The molecule has 4 nitrogen and oxygen atoms in total. The summed E-state index contributed by atoms with van der Waals surface area (Å²) in [6, 6.07) is 10.8. The highest BCUT2D eigenvalue weighted by molar-refractivity contribution is 7.52. The third kappa shape index (κ3) is 3.91. The number of anilines is 1. The van der Waals surface area contributed by atoms with Crippen molar-refractivity contribution in [3.63, 3.8) is 0 Å². The van der Waals surface area contributed by atoms with E-state index in [9.17, 15) is 18.7 Å². The van der Waals surface area contributed by atoms with E-state index in [0.29, 0.717) is 11.3 Å². The number of nitrogens with one attached hydrogen (secondary N) is 1. The molecule has 0 aromatic heterocycles. The molecule has 2 aromatic carbocycles. The molecule has 0 aliphatic heterocycles. The van der Waals surface area contributed by atoms with Crippen LogP contribution in [0.15, 0.2) is 42.5 Å². The Bertz CT molecular complexity index is 699. The lowest BCUT2D eigenvalue weighted by Gasteiger charge is -2.23. The lowest BCUT2D eigenvalue weighted by molar-refractivity contribution is 0.363. The minimum atomic E-state index is -4.45. The van der Waals surface area contributed by atoms with Crippen LogP contribution in [0.3, 0.4) is 0 Å². The molecule has 0 spiro atoms. The van der Waals surface area contributed by atoms with Gasteiger partial charge in [0.1, 0.15) is 5.82 Å². The smallest absolute Gasteiger partial charge is 0.352 e. The lowest BCUT2D eigenvalue weighted by Crippen LogP contribution is -2.13. The van der Waals surface area contributed by atoms with Gasteiger partial charge in [0.25, 0.3) is 0 Å². The van der Waals surface area contributed by atoms with Crippen molar-refractivity contribution in [3.8, 4) is 0 Å². The van der Waals surface area contributed by atoms with Crippen LogP contribution in [0.1, 0.15) is 22.5 Å². The molecule has 6 heteroatoms. The monoisotopic (exact) mass is 309 g/mol. The van der Waals surface area contributed by atoms with Gasteiger partial charge in [0, 0.05) is 5.69 Å². The molecule has 0 radical (unpaired) electrons. The highest BCUT2D eigenvalue weighted by atomic mass is 31.2. The first-order chi connectivity index (χ1) is 9.77. The van der Waals surface area contributed by atoms with Crippen molar-refractivity contribution in [2.45, 2.75) is 19.6 Å². The SMILES string of the molecule is Cc1ccc(C(Nc2cccc(F)c2)P(=O)(O)O)c(C)c1. The molecule has 0 aliphatic carbocycles. The number of hydrogen-bond donors (Lipinski definition) is 3. The molecule has 0 bridgehead atoms. The van der Waals surface area contributed by atoms with Crippen LogP contribution >= 0.6 is 7.60 Å². The molecule has 2 rings (SSSR count). The second kappa shape index (κ2) is 5.98. The maximum atomic E-state index is 13.2. The molecule has 3 N–H and O–H groups in total. The Morgan fingerprint density at radius 3 is 2.43 bits per heavy atom. The van der Waals surface area contributed by atoms with Gasteiger partial charge in [-0.3, -0.25) is 4.57 Å². The molecule has 0 amide bonds. The molecule has 0 saturated carbocycles. The van der Waals surface area contributed by atoms with Gasteiger partial charge in [0.05, 0.1) is 0 Å². The average Bonchev–Trinajstić information content (AvgIpc) is 2.35. The summed E-state index contributed by atoms with van der Waals surface area (Å²) in [5.74, 6) is -1.68. The zero-order chi connectivity index (χ0) is 15.6. The van der Waals surface area contributed by atoms with E-state index in [1.165, 1.54) is 18.2 Å². The summed E-state index contributed by atoms with van der Waals surface area (Å²) < 4.78 is 25.0. The minimum absolute atomic E-state index is 0.322. The van der Waals surface area contributed by atoms with Crippen LogP contribution in [0.4, 0.5) is 10.1 Å². The van der Waals surface area contributed by atoms with Gasteiger partial charge in [-0.1, -0.05) is 29.8 Å². The van der Waals surface area contributed by atoms with Crippen LogP contribution in [0, 0.1) is 19.7 Å². The van der Waals surface area contributed by atoms with Crippen LogP contribution in [0.25, 0.3) is 0 Å². The molecule has 1 atom stereocenters. The first-order valence-electron chi connectivity index (χ1n) is 6.42. The summed E-state index contributed by atoms with van der Waals surface area (Å²) in [6.45, 7) is 3.70. The second-order valence-corrected chi connectivity index (χ2v) is 6.70. The molecule has 21 heavy (non-hydrogen) atoms. The maximum Gasteiger partial charge on any atom is 0.352 e. The zero-order valence-corrected chi connectivity index (χ0v) is 12.6. The lowest BCUT2D eigenvalue weighted by atomic mass is 10.1. The molecule has 112 valence electrons. The number of benzene rings is 2. The third-order valence-corrected chi connectivity index (χ3v) is 4.26. The number of halogens is 1. The summed E-state index contributed by atoms with van der Waals surface area (Å²) in [5, 5.41) is 2.73. The first kappa shape index (κ1) is 15.7. The van der Waals surface area contributed by atoms with Gasteiger partial charge in [-0.2, -0.15) is 0 Å². The summed E-state index contributed by atoms with van der Waals surface area (Å²) in [5.41, 5.74) is 2.60. The highest BCUT2D eigenvalue weighted by Gasteiger charge is 2.31. The number of hydrogen-bond acceptors (Lipinski definition) is 2. The Hall–Kier alpha value is -1.68. The van der Waals surface area contributed by atoms with Crippen LogP contribution in [0.2, 0.25) is 0 Å². The first-order valence-corrected chi connectivity index (χ1v) is 8.10. The Labute approximate surface area is 122 Å². The fraction of sp³-hybridized carbons (Fsp3) is 0.200. The van der Waals surface area contributed by atoms with E-state index < -0.39 is 19.2 Å². The Morgan fingerprint density at radius 1 is 1.14 bits per heavy atom. The van der Waals surface area contributed by atoms with Gasteiger partial charge < -0.3 is 15.1 Å². The van der Waals surface area contributed by atoms with E-state index in [1.807, 2.05) is 13.0 Å². The fourth-order valence-electron chi connectivity index (χ4n) is 2.21. The number of aryl methyl sites for hydroxylation is 2. The molecule has 0 heterocycles. The van der Waals surface area contributed by atoms with E-state index in [4.69, 9.17) is 0 Å². The van der Waals surface area contributed by atoms with Crippen LogP contribution in [-0.2, 0) is 4.57 Å². The Morgan fingerprint density at radius 2 is 1.86 bits per heavy atom. The molecule has 0 aliphatic rings. The average molecular weight is 309 g/mol. The summed E-state index contributed by atoms with van der Waals surface area (Å²) in [4.78, 5) is 19.2. The quantitative estimate of drug-likeness (QED) is 0.753. The van der Waals surface area contributed by atoms with Gasteiger partial charge in [0.15, 0.2) is 5.78 Å². The number of rotatable bonds is 4. The van der Waals surface area contributed by atoms with Gasteiger partial charge in [-0.15, -0.1) is 0 Å². The molecule has 1 unspecified atom stereocenters. The summed E-state index contributed by atoms with van der Waals surface area (Å²) in [7, 11) is -4.45. The van der Waals surface area contributed by atoms with Gasteiger partial charge in [-0.05, 0) is 43.2 Å². The molecule has 0 saturated heterocycles. The van der Waals surface area contributed by atoms with E-state index in [0.717, 1.165) is 11.1 Å². The minimum Gasteiger partial charge on any atom is -0.368 e. The van der Waals surface area contributed by atoms with Gasteiger partial charge in [-0.25, -0.2) is 4.39 Å². The highest BCUT2D eigenvalue weighted by Crippen LogP contribution is 2.52. The standard InChI is InChI=1S/C15H17FNO3P/c1-10-6-7-14(11(2)8-10)15(21(18,19)20)17-13-5-3-4-12(16)9-13/h3-9,15,17H,1-2H3,(H2,18,19,20). The van der Waals surface area contributed by atoms with Crippen LogP contribution in [-0.4, -0.2) is 9.79 Å². The van der Waals surface area contributed by atoms with Crippen molar-refractivity contribution < 1.29 is 18.7 Å².